The minimum atomic E-state index is -0.145. The third-order valence-electron chi connectivity index (χ3n) is 3.97. The summed E-state index contributed by atoms with van der Waals surface area (Å²) in [5.41, 5.74) is 1.16. The van der Waals surface area contributed by atoms with Crippen molar-refractivity contribution in [2.75, 3.05) is 34.0 Å². The summed E-state index contributed by atoms with van der Waals surface area (Å²) in [4.78, 5) is 0. The van der Waals surface area contributed by atoms with Crippen LogP contribution >= 0.6 is 0 Å². The number of hydrogen-bond donors (Lipinski definition) is 1. The summed E-state index contributed by atoms with van der Waals surface area (Å²) < 4.78 is 16.2. The van der Waals surface area contributed by atoms with Gasteiger partial charge in [-0.05, 0) is 31.0 Å². The first kappa shape index (κ1) is 15.3. The second-order valence-corrected chi connectivity index (χ2v) is 5.52. The number of ether oxygens (including phenoxy) is 3. The van der Waals surface area contributed by atoms with E-state index in [1.54, 1.807) is 14.2 Å². The zero-order chi connectivity index (χ0) is 14.4. The highest BCUT2D eigenvalue weighted by Gasteiger charge is 2.34. The molecule has 0 aliphatic carbocycles. The van der Waals surface area contributed by atoms with Crippen molar-refractivity contribution in [3.8, 4) is 5.75 Å². The molecule has 0 spiro atoms. The molecule has 0 aromatic heterocycles. The molecule has 0 saturated carbocycles. The monoisotopic (exact) mass is 279 g/mol. The Morgan fingerprint density at radius 1 is 1.30 bits per heavy atom. The lowest BCUT2D eigenvalue weighted by Crippen LogP contribution is -2.46. The van der Waals surface area contributed by atoms with Crippen LogP contribution in [0.5, 0.6) is 5.75 Å². The Balaban J connectivity index is 1.80. The maximum absolute atomic E-state index is 5.63. The lowest BCUT2D eigenvalue weighted by atomic mass is 10.0. The van der Waals surface area contributed by atoms with E-state index in [1.165, 1.54) is 5.56 Å². The fourth-order valence-electron chi connectivity index (χ4n) is 2.51. The smallest absolute Gasteiger partial charge is 0.118 e. The minimum Gasteiger partial charge on any atom is -0.497 e. The molecule has 4 nitrogen and oxygen atoms in total. The van der Waals surface area contributed by atoms with Crippen molar-refractivity contribution < 1.29 is 14.2 Å². The molecular weight excluding hydrogens is 254 g/mol. The van der Waals surface area contributed by atoms with E-state index in [4.69, 9.17) is 14.2 Å². The second kappa shape index (κ2) is 7.07. The molecule has 4 heteroatoms. The Labute approximate surface area is 121 Å². The van der Waals surface area contributed by atoms with E-state index in [9.17, 15) is 0 Å². The van der Waals surface area contributed by atoms with Gasteiger partial charge in [-0.25, -0.2) is 0 Å². The molecule has 2 unspecified atom stereocenters. The van der Waals surface area contributed by atoms with Gasteiger partial charge in [0.2, 0.25) is 0 Å². The second-order valence-electron chi connectivity index (χ2n) is 5.52. The number of hydrogen-bond acceptors (Lipinski definition) is 4. The molecule has 0 amide bonds. The molecule has 1 heterocycles. The Kier molecular flexibility index (Phi) is 5.40. The average molecular weight is 279 g/mol. The van der Waals surface area contributed by atoms with Crippen molar-refractivity contribution in [2.24, 2.45) is 0 Å². The van der Waals surface area contributed by atoms with E-state index in [0.29, 0.717) is 12.6 Å². The summed E-state index contributed by atoms with van der Waals surface area (Å²) >= 11 is 0. The first-order valence-corrected chi connectivity index (χ1v) is 7.17. The van der Waals surface area contributed by atoms with Crippen LogP contribution in [0.3, 0.4) is 0 Å². The summed E-state index contributed by atoms with van der Waals surface area (Å²) in [6.07, 6.45) is 1.95. The first-order valence-electron chi connectivity index (χ1n) is 7.17. The predicted molar refractivity (Wildman–Crippen MR) is 79.3 cm³/mol. The normalized spacial score (nSPS) is 23.8. The van der Waals surface area contributed by atoms with Gasteiger partial charge in [0.25, 0.3) is 0 Å². The van der Waals surface area contributed by atoms with Crippen molar-refractivity contribution >= 4 is 0 Å². The van der Waals surface area contributed by atoms with Gasteiger partial charge in [-0.1, -0.05) is 12.1 Å². The SMILES string of the molecule is COc1ccc(CC(C)NCC2(OC)CCOC2)cc1. The van der Waals surface area contributed by atoms with Gasteiger partial charge >= 0.3 is 0 Å². The van der Waals surface area contributed by atoms with Gasteiger partial charge in [0.05, 0.1) is 13.7 Å². The van der Waals surface area contributed by atoms with E-state index in [-0.39, 0.29) is 5.60 Å². The first-order chi connectivity index (χ1) is 9.67. The molecule has 2 atom stereocenters. The van der Waals surface area contributed by atoms with E-state index >= 15 is 0 Å². The summed E-state index contributed by atoms with van der Waals surface area (Å²) in [5, 5.41) is 3.56. The maximum atomic E-state index is 5.63. The van der Waals surface area contributed by atoms with E-state index in [2.05, 4.69) is 24.4 Å². The highest BCUT2D eigenvalue weighted by atomic mass is 16.5. The summed E-state index contributed by atoms with van der Waals surface area (Å²) in [5.74, 6) is 0.899. The van der Waals surface area contributed by atoms with Gasteiger partial charge in [-0.2, -0.15) is 0 Å². The molecule has 1 aliphatic heterocycles. The number of nitrogens with one attached hydrogen (secondary N) is 1. The lowest BCUT2D eigenvalue weighted by molar-refractivity contribution is -0.0171. The fourth-order valence-corrected chi connectivity index (χ4v) is 2.51. The molecule has 1 saturated heterocycles. The van der Waals surface area contributed by atoms with Crippen LogP contribution in [0, 0.1) is 0 Å². The minimum absolute atomic E-state index is 0.145. The van der Waals surface area contributed by atoms with Gasteiger partial charge in [0.15, 0.2) is 0 Å². The molecule has 1 fully saturated rings. The van der Waals surface area contributed by atoms with Gasteiger partial charge in [0, 0.05) is 32.7 Å². The zero-order valence-corrected chi connectivity index (χ0v) is 12.6. The lowest BCUT2D eigenvalue weighted by Gasteiger charge is -2.28. The average Bonchev–Trinajstić information content (AvgIpc) is 2.95. The molecule has 1 aromatic rings. The zero-order valence-electron chi connectivity index (χ0n) is 12.6. The maximum Gasteiger partial charge on any atom is 0.118 e. The molecule has 2 rings (SSSR count). The van der Waals surface area contributed by atoms with Crippen LogP contribution in [0.1, 0.15) is 18.9 Å². The summed E-state index contributed by atoms with van der Waals surface area (Å²) in [6, 6.07) is 8.63. The van der Waals surface area contributed by atoms with Gasteiger partial charge in [0.1, 0.15) is 11.4 Å². The van der Waals surface area contributed by atoms with E-state index in [0.717, 1.165) is 31.7 Å². The number of benzene rings is 1. The molecule has 1 aliphatic rings. The van der Waals surface area contributed by atoms with Crippen LogP contribution in [-0.2, 0) is 15.9 Å². The number of rotatable bonds is 7. The summed E-state index contributed by atoms with van der Waals surface area (Å²) in [7, 11) is 3.46. The van der Waals surface area contributed by atoms with Crippen LogP contribution in [0.15, 0.2) is 24.3 Å². The Bertz CT molecular complexity index is 399. The Morgan fingerprint density at radius 2 is 2.05 bits per heavy atom. The standard InChI is InChI=1S/C16H25NO3/c1-13(10-14-4-6-15(18-2)7-5-14)17-11-16(19-3)8-9-20-12-16/h4-7,13,17H,8-12H2,1-3H3. The van der Waals surface area contributed by atoms with Crippen LogP contribution in [0.25, 0.3) is 0 Å². The third-order valence-corrected chi connectivity index (χ3v) is 3.97. The molecule has 1 aromatic carbocycles. The van der Waals surface area contributed by atoms with Gasteiger partial charge < -0.3 is 19.5 Å². The predicted octanol–water partition coefficient (Wildman–Crippen LogP) is 2.02. The molecule has 0 bridgehead atoms. The Hall–Kier alpha value is -1.10. The van der Waals surface area contributed by atoms with Crippen molar-refractivity contribution in [3.05, 3.63) is 29.8 Å². The molecule has 20 heavy (non-hydrogen) atoms. The van der Waals surface area contributed by atoms with E-state index in [1.807, 2.05) is 12.1 Å². The third kappa shape index (κ3) is 3.95. The van der Waals surface area contributed by atoms with Crippen LogP contribution in [-0.4, -0.2) is 45.6 Å². The largest absolute Gasteiger partial charge is 0.497 e. The van der Waals surface area contributed by atoms with E-state index < -0.39 is 0 Å². The fraction of sp³-hybridized carbons (Fsp3) is 0.625. The molecular formula is C16H25NO3. The van der Waals surface area contributed by atoms with Crippen molar-refractivity contribution in [2.45, 2.75) is 31.4 Å². The highest BCUT2D eigenvalue weighted by molar-refractivity contribution is 5.27. The topological polar surface area (TPSA) is 39.7 Å². The molecule has 1 N–H and O–H groups in total. The van der Waals surface area contributed by atoms with Gasteiger partial charge in [-0.15, -0.1) is 0 Å². The number of methoxy groups -OCH3 is 2. The van der Waals surface area contributed by atoms with Crippen molar-refractivity contribution in [1.29, 1.82) is 0 Å². The highest BCUT2D eigenvalue weighted by Crippen LogP contribution is 2.21. The van der Waals surface area contributed by atoms with Crippen molar-refractivity contribution in [1.82, 2.24) is 5.32 Å². The van der Waals surface area contributed by atoms with Crippen molar-refractivity contribution in [3.63, 3.8) is 0 Å². The van der Waals surface area contributed by atoms with Crippen LogP contribution in [0.4, 0.5) is 0 Å². The van der Waals surface area contributed by atoms with Gasteiger partial charge in [-0.3, -0.25) is 0 Å². The summed E-state index contributed by atoms with van der Waals surface area (Å²) in [6.45, 7) is 4.51. The molecule has 0 radical (unpaired) electrons. The molecule has 112 valence electrons. The van der Waals surface area contributed by atoms with Crippen LogP contribution in [0.2, 0.25) is 0 Å². The Morgan fingerprint density at radius 3 is 2.60 bits per heavy atom. The van der Waals surface area contributed by atoms with Crippen LogP contribution < -0.4 is 10.1 Å². The quantitative estimate of drug-likeness (QED) is 0.829.